The molecule has 0 aliphatic rings. The number of amides is 3. The minimum absolute atomic E-state index is 0.0553. The Morgan fingerprint density at radius 1 is 0.958 bits per heavy atom. The van der Waals surface area contributed by atoms with Crippen molar-refractivity contribution in [2.24, 2.45) is 0 Å². The number of nitrogens with one attached hydrogen (secondary N) is 3. The zero-order valence-corrected chi connectivity index (χ0v) is 14.0. The Labute approximate surface area is 141 Å². The molecule has 2 rings (SSSR count). The third-order valence-corrected chi connectivity index (χ3v) is 3.39. The van der Waals surface area contributed by atoms with Gasteiger partial charge in [-0.1, -0.05) is 12.1 Å². The highest BCUT2D eigenvalue weighted by Gasteiger charge is 2.03. The third-order valence-electron chi connectivity index (χ3n) is 3.39. The van der Waals surface area contributed by atoms with Gasteiger partial charge < -0.3 is 20.7 Å². The van der Waals surface area contributed by atoms with Crippen LogP contribution in [0.1, 0.15) is 18.1 Å². The lowest BCUT2D eigenvalue weighted by Crippen LogP contribution is -2.32. The minimum Gasteiger partial charge on any atom is -0.473 e. The number of hydrogen-bond donors (Lipinski definition) is 3. The fourth-order valence-electron chi connectivity index (χ4n) is 2.04. The summed E-state index contributed by atoms with van der Waals surface area (Å²) < 4.78 is 5.50. The molecule has 0 aromatic heterocycles. The summed E-state index contributed by atoms with van der Waals surface area (Å²) >= 11 is 0. The molecule has 0 atom stereocenters. The van der Waals surface area contributed by atoms with Crippen molar-refractivity contribution < 1.29 is 14.3 Å². The zero-order valence-electron chi connectivity index (χ0n) is 14.0. The number of ether oxygens (including phenoxy) is 1. The Hall–Kier alpha value is -3.02. The summed E-state index contributed by atoms with van der Waals surface area (Å²) in [5.74, 6) is 0.532. The van der Waals surface area contributed by atoms with Crippen LogP contribution in [0.15, 0.2) is 42.5 Å². The number of urea groups is 1. The molecule has 2 aromatic carbocycles. The van der Waals surface area contributed by atoms with Gasteiger partial charge in [-0.15, -0.1) is 0 Å². The maximum Gasteiger partial charge on any atom is 0.321 e. The Kier molecular flexibility index (Phi) is 5.78. The molecule has 0 heterocycles. The Bertz CT molecular complexity index is 744. The van der Waals surface area contributed by atoms with E-state index in [1.807, 2.05) is 32.0 Å². The van der Waals surface area contributed by atoms with Gasteiger partial charge >= 0.3 is 6.03 Å². The summed E-state index contributed by atoms with van der Waals surface area (Å²) in [7, 11) is 0. The van der Waals surface area contributed by atoms with Crippen LogP contribution in [0.25, 0.3) is 0 Å². The molecular weight excluding hydrogens is 306 g/mol. The van der Waals surface area contributed by atoms with Gasteiger partial charge in [0.2, 0.25) is 5.91 Å². The average Bonchev–Trinajstić information content (AvgIpc) is 2.50. The highest BCUT2D eigenvalue weighted by atomic mass is 16.5. The van der Waals surface area contributed by atoms with Crippen LogP contribution in [0.5, 0.6) is 5.75 Å². The number of carbonyl (C=O) groups is 2. The number of benzene rings is 2. The van der Waals surface area contributed by atoms with E-state index in [0.29, 0.717) is 17.1 Å². The van der Waals surface area contributed by atoms with Crippen LogP contribution in [0.3, 0.4) is 0 Å². The molecular formula is C18H21N3O3. The predicted molar refractivity (Wildman–Crippen MR) is 94.3 cm³/mol. The lowest BCUT2D eigenvalue weighted by atomic mass is 10.1. The van der Waals surface area contributed by atoms with Crippen molar-refractivity contribution in [3.05, 3.63) is 53.6 Å². The van der Waals surface area contributed by atoms with Gasteiger partial charge in [0.25, 0.3) is 0 Å². The van der Waals surface area contributed by atoms with E-state index in [1.54, 1.807) is 24.3 Å². The SMILES string of the molecule is CC(=O)Nc1cccc(NC(=O)NCOc2ccc(C)c(C)c2)c1. The van der Waals surface area contributed by atoms with Crippen molar-refractivity contribution in [1.29, 1.82) is 0 Å². The predicted octanol–water partition coefficient (Wildman–Crippen LogP) is 3.42. The summed E-state index contributed by atoms with van der Waals surface area (Å²) in [5.41, 5.74) is 3.51. The quantitative estimate of drug-likeness (QED) is 0.736. The van der Waals surface area contributed by atoms with Crippen LogP contribution in [-0.2, 0) is 4.79 Å². The normalized spacial score (nSPS) is 9.96. The fourth-order valence-corrected chi connectivity index (χ4v) is 2.04. The molecule has 126 valence electrons. The topological polar surface area (TPSA) is 79.5 Å². The van der Waals surface area contributed by atoms with Gasteiger partial charge in [0, 0.05) is 18.3 Å². The second-order valence-electron chi connectivity index (χ2n) is 5.43. The Morgan fingerprint density at radius 3 is 2.33 bits per heavy atom. The Morgan fingerprint density at radius 2 is 1.67 bits per heavy atom. The number of aryl methyl sites for hydroxylation is 2. The average molecular weight is 327 g/mol. The van der Waals surface area contributed by atoms with E-state index in [2.05, 4.69) is 16.0 Å². The summed E-state index contributed by atoms with van der Waals surface area (Å²) in [4.78, 5) is 22.9. The molecule has 24 heavy (non-hydrogen) atoms. The van der Waals surface area contributed by atoms with Crippen LogP contribution in [0.4, 0.5) is 16.2 Å². The smallest absolute Gasteiger partial charge is 0.321 e. The highest BCUT2D eigenvalue weighted by molar-refractivity contribution is 5.92. The van der Waals surface area contributed by atoms with Gasteiger partial charge in [-0.2, -0.15) is 0 Å². The van der Waals surface area contributed by atoms with Crippen molar-refractivity contribution in [1.82, 2.24) is 5.32 Å². The number of carbonyl (C=O) groups excluding carboxylic acids is 2. The number of rotatable bonds is 5. The van der Waals surface area contributed by atoms with E-state index >= 15 is 0 Å². The lowest BCUT2D eigenvalue weighted by Gasteiger charge is -2.11. The molecule has 0 radical (unpaired) electrons. The van der Waals surface area contributed by atoms with Crippen molar-refractivity contribution in [3.8, 4) is 5.75 Å². The first-order chi connectivity index (χ1) is 11.4. The van der Waals surface area contributed by atoms with Crippen molar-refractivity contribution >= 4 is 23.3 Å². The highest BCUT2D eigenvalue weighted by Crippen LogP contribution is 2.16. The number of anilines is 2. The maximum atomic E-state index is 11.9. The van der Waals surface area contributed by atoms with Gasteiger partial charge in [0.15, 0.2) is 6.73 Å². The van der Waals surface area contributed by atoms with Gasteiger partial charge in [-0.25, -0.2) is 4.79 Å². The zero-order chi connectivity index (χ0) is 17.5. The van der Waals surface area contributed by atoms with Crippen LogP contribution >= 0.6 is 0 Å². The summed E-state index contributed by atoms with van der Waals surface area (Å²) in [6.07, 6.45) is 0. The first-order valence-corrected chi connectivity index (χ1v) is 7.56. The van der Waals surface area contributed by atoms with Gasteiger partial charge in [0.05, 0.1) is 0 Å². The second-order valence-corrected chi connectivity index (χ2v) is 5.43. The van der Waals surface area contributed by atoms with Crippen molar-refractivity contribution in [2.75, 3.05) is 17.4 Å². The Balaban J connectivity index is 1.82. The largest absolute Gasteiger partial charge is 0.473 e. The molecule has 3 N–H and O–H groups in total. The summed E-state index contributed by atoms with van der Waals surface area (Å²) in [6.45, 7) is 5.51. The van der Waals surface area contributed by atoms with E-state index in [4.69, 9.17) is 4.74 Å². The van der Waals surface area contributed by atoms with E-state index in [1.165, 1.54) is 12.5 Å². The van der Waals surface area contributed by atoms with Crippen LogP contribution < -0.4 is 20.7 Å². The van der Waals surface area contributed by atoms with Crippen molar-refractivity contribution in [2.45, 2.75) is 20.8 Å². The summed E-state index contributed by atoms with van der Waals surface area (Å²) in [6, 6.07) is 12.3. The van der Waals surface area contributed by atoms with Gasteiger partial charge in [-0.05, 0) is 55.3 Å². The molecule has 3 amide bonds. The molecule has 0 spiro atoms. The van der Waals surface area contributed by atoms with Crippen LogP contribution in [0, 0.1) is 13.8 Å². The lowest BCUT2D eigenvalue weighted by molar-refractivity contribution is -0.114. The van der Waals surface area contributed by atoms with E-state index in [-0.39, 0.29) is 18.7 Å². The molecule has 0 saturated carbocycles. The minimum atomic E-state index is -0.390. The molecule has 0 fully saturated rings. The molecule has 6 heteroatoms. The molecule has 0 aliphatic heterocycles. The van der Waals surface area contributed by atoms with Crippen LogP contribution in [-0.4, -0.2) is 18.7 Å². The van der Waals surface area contributed by atoms with Gasteiger partial charge in [-0.3, -0.25) is 4.79 Å². The van der Waals surface area contributed by atoms with E-state index in [0.717, 1.165) is 5.56 Å². The molecule has 0 bridgehead atoms. The first-order valence-electron chi connectivity index (χ1n) is 7.56. The standard InChI is InChI=1S/C18H21N3O3/c1-12-7-8-17(9-13(12)2)24-11-19-18(23)21-16-6-4-5-15(10-16)20-14(3)22/h4-10H,11H2,1-3H3,(H,20,22)(H2,19,21,23). The molecule has 0 saturated heterocycles. The molecule has 0 unspecified atom stereocenters. The number of hydrogen-bond acceptors (Lipinski definition) is 3. The van der Waals surface area contributed by atoms with Crippen molar-refractivity contribution in [3.63, 3.8) is 0 Å². The van der Waals surface area contributed by atoms with Gasteiger partial charge in [0.1, 0.15) is 5.75 Å². The molecule has 0 aliphatic carbocycles. The first kappa shape index (κ1) is 17.3. The maximum absolute atomic E-state index is 11.9. The monoisotopic (exact) mass is 327 g/mol. The third kappa shape index (κ3) is 5.31. The van der Waals surface area contributed by atoms with E-state index in [9.17, 15) is 9.59 Å². The van der Waals surface area contributed by atoms with Crippen LogP contribution in [0.2, 0.25) is 0 Å². The molecule has 2 aromatic rings. The van der Waals surface area contributed by atoms with E-state index < -0.39 is 0 Å². The molecule has 6 nitrogen and oxygen atoms in total. The summed E-state index contributed by atoms with van der Waals surface area (Å²) in [5, 5.41) is 7.95. The second kappa shape index (κ2) is 8.01. The fraction of sp³-hybridized carbons (Fsp3) is 0.222.